The van der Waals surface area contributed by atoms with Gasteiger partial charge in [0.15, 0.2) is 0 Å². The summed E-state index contributed by atoms with van der Waals surface area (Å²) in [7, 11) is -0.436. The van der Waals surface area contributed by atoms with Crippen LogP contribution in [0.3, 0.4) is 0 Å². The Bertz CT molecular complexity index is 831. The van der Waals surface area contributed by atoms with Crippen molar-refractivity contribution in [2.45, 2.75) is 38.9 Å². The molecule has 1 aliphatic heterocycles. The van der Waals surface area contributed by atoms with Crippen molar-refractivity contribution in [3.8, 4) is 0 Å². The van der Waals surface area contributed by atoms with E-state index in [0.717, 1.165) is 16.7 Å². The molecule has 2 aromatic rings. The van der Waals surface area contributed by atoms with Crippen molar-refractivity contribution in [3.63, 3.8) is 0 Å². The highest BCUT2D eigenvalue weighted by molar-refractivity contribution is 6.62. The molecule has 0 aliphatic carbocycles. The summed E-state index contributed by atoms with van der Waals surface area (Å²) in [5, 5.41) is 10.7. The van der Waals surface area contributed by atoms with Crippen LogP contribution in [0.5, 0.6) is 0 Å². The van der Waals surface area contributed by atoms with Gasteiger partial charge in [0.2, 0.25) is 0 Å². The van der Waals surface area contributed by atoms with Crippen molar-refractivity contribution in [2.75, 3.05) is 0 Å². The molecule has 1 heterocycles. The molecule has 7 heteroatoms. The largest absolute Gasteiger partial charge is 0.494 e. The zero-order chi connectivity index (χ0) is 18.9. The summed E-state index contributed by atoms with van der Waals surface area (Å²) in [4.78, 5) is 14.7. The third-order valence-corrected chi connectivity index (χ3v) is 4.86. The first-order valence-electron chi connectivity index (χ1n) is 8.42. The maximum Gasteiger partial charge on any atom is 0.494 e. The summed E-state index contributed by atoms with van der Waals surface area (Å²) in [6, 6.07) is 13.9. The second-order valence-corrected chi connectivity index (χ2v) is 7.29. The lowest BCUT2D eigenvalue weighted by atomic mass is 9.79. The SMILES string of the molecule is CC1(C)OB(c2cccc(N=Cc3ccc([N+](=O)[O-])cc3)c2)OC1(C)C. The minimum Gasteiger partial charge on any atom is -0.399 e. The predicted molar refractivity (Wildman–Crippen MR) is 103 cm³/mol. The van der Waals surface area contributed by atoms with Gasteiger partial charge in [0.25, 0.3) is 5.69 Å². The van der Waals surface area contributed by atoms with Crippen LogP contribution in [0.2, 0.25) is 0 Å². The topological polar surface area (TPSA) is 74.0 Å². The fourth-order valence-corrected chi connectivity index (χ4v) is 2.56. The summed E-state index contributed by atoms with van der Waals surface area (Å²) in [6.07, 6.45) is 1.67. The van der Waals surface area contributed by atoms with E-state index in [9.17, 15) is 10.1 Å². The minimum atomic E-state index is -0.436. The number of hydrogen-bond donors (Lipinski definition) is 0. The van der Waals surface area contributed by atoms with Gasteiger partial charge in [-0.1, -0.05) is 12.1 Å². The maximum atomic E-state index is 10.7. The van der Waals surface area contributed by atoms with Gasteiger partial charge in [0.05, 0.1) is 21.8 Å². The van der Waals surface area contributed by atoms with E-state index in [2.05, 4.69) is 4.99 Å². The first-order chi connectivity index (χ1) is 12.2. The molecule has 1 fully saturated rings. The van der Waals surface area contributed by atoms with Crippen LogP contribution in [0, 0.1) is 10.1 Å². The Labute approximate surface area is 153 Å². The van der Waals surface area contributed by atoms with Gasteiger partial charge in [-0.3, -0.25) is 15.1 Å². The summed E-state index contributed by atoms with van der Waals surface area (Å²) < 4.78 is 12.1. The van der Waals surface area contributed by atoms with E-state index in [0.29, 0.717) is 0 Å². The van der Waals surface area contributed by atoms with Crippen molar-refractivity contribution < 1.29 is 14.2 Å². The molecule has 1 aliphatic rings. The van der Waals surface area contributed by atoms with E-state index in [-0.39, 0.29) is 5.69 Å². The molecular formula is C19H21BN2O4. The van der Waals surface area contributed by atoms with E-state index < -0.39 is 23.2 Å². The molecule has 0 atom stereocenters. The number of hydrogen-bond acceptors (Lipinski definition) is 5. The van der Waals surface area contributed by atoms with Crippen LogP contribution in [0.25, 0.3) is 0 Å². The molecular weight excluding hydrogens is 331 g/mol. The molecule has 0 unspecified atom stereocenters. The second-order valence-electron chi connectivity index (χ2n) is 7.29. The number of nitrogens with zero attached hydrogens (tertiary/aromatic N) is 2. The fraction of sp³-hybridized carbons (Fsp3) is 0.316. The molecule has 2 aromatic carbocycles. The van der Waals surface area contributed by atoms with Gasteiger partial charge in [-0.2, -0.15) is 0 Å². The molecule has 0 aromatic heterocycles. The fourth-order valence-electron chi connectivity index (χ4n) is 2.56. The predicted octanol–water partition coefficient (Wildman–Crippen LogP) is 3.64. The zero-order valence-electron chi connectivity index (χ0n) is 15.3. The number of benzene rings is 2. The monoisotopic (exact) mass is 352 g/mol. The number of rotatable bonds is 4. The van der Waals surface area contributed by atoms with Crippen LogP contribution in [0.4, 0.5) is 11.4 Å². The molecule has 0 bridgehead atoms. The standard InChI is InChI=1S/C19H21BN2O4/c1-18(2)19(3,4)26-20(25-18)15-6-5-7-16(12-15)21-13-14-8-10-17(11-9-14)22(23)24/h5-13H,1-4H3. The third-order valence-electron chi connectivity index (χ3n) is 4.86. The van der Waals surface area contributed by atoms with Crippen LogP contribution in [0.1, 0.15) is 33.3 Å². The smallest absolute Gasteiger partial charge is 0.399 e. The van der Waals surface area contributed by atoms with Crippen LogP contribution in [0.15, 0.2) is 53.5 Å². The highest BCUT2D eigenvalue weighted by Crippen LogP contribution is 2.36. The van der Waals surface area contributed by atoms with Crippen molar-refractivity contribution in [2.24, 2.45) is 4.99 Å². The van der Waals surface area contributed by atoms with E-state index >= 15 is 0 Å². The van der Waals surface area contributed by atoms with Crippen molar-refractivity contribution in [1.82, 2.24) is 0 Å². The van der Waals surface area contributed by atoms with Crippen LogP contribution in [-0.2, 0) is 9.31 Å². The summed E-state index contributed by atoms with van der Waals surface area (Å²) in [5.41, 5.74) is 1.73. The quantitative estimate of drug-likeness (QED) is 0.364. The van der Waals surface area contributed by atoms with Gasteiger partial charge in [0.1, 0.15) is 0 Å². The Balaban J connectivity index is 1.77. The first-order valence-corrected chi connectivity index (χ1v) is 8.42. The van der Waals surface area contributed by atoms with E-state index in [1.165, 1.54) is 12.1 Å². The Morgan fingerprint density at radius 3 is 2.23 bits per heavy atom. The Morgan fingerprint density at radius 1 is 1.04 bits per heavy atom. The van der Waals surface area contributed by atoms with E-state index in [1.807, 2.05) is 52.0 Å². The van der Waals surface area contributed by atoms with Crippen LogP contribution >= 0.6 is 0 Å². The van der Waals surface area contributed by atoms with Crippen molar-refractivity contribution in [3.05, 3.63) is 64.2 Å². The van der Waals surface area contributed by atoms with Crippen molar-refractivity contribution >= 4 is 30.2 Å². The average molecular weight is 352 g/mol. The molecule has 0 N–H and O–H groups in total. The average Bonchev–Trinajstić information content (AvgIpc) is 2.81. The molecule has 0 saturated carbocycles. The Kier molecular flexibility index (Phi) is 4.69. The van der Waals surface area contributed by atoms with Crippen LogP contribution < -0.4 is 5.46 Å². The van der Waals surface area contributed by atoms with Gasteiger partial charge in [-0.25, -0.2) is 0 Å². The molecule has 134 valence electrons. The third kappa shape index (κ3) is 3.69. The van der Waals surface area contributed by atoms with Gasteiger partial charge in [-0.15, -0.1) is 0 Å². The van der Waals surface area contributed by atoms with E-state index in [4.69, 9.17) is 9.31 Å². The zero-order valence-corrected chi connectivity index (χ0v) is 15.3. The minimum absolute atomic E-state index is 0.0601. The first kappa shape index (κ1) is 18.3. The normalized spacial score (nSPS) is 18.4. The Morgan fingerprint density at radius 2 is 1.65 bits per heavy atom. The maximum absolute atomic E-state index is 10.7. The molecule has 26 heavy (non-hydrogen) atoms. The molecule has 0 amide bonds. The summed E-state index contributed by atoms with van der Waals surface area (Å²) in [6.45, 7) is 8.07. The lowest BCUT2D eigenvalue weighted by molar-refractivity contribution is -0.384. The molecule has 6 nitrogen and oxygen atoms in total. The second kappa shape index (κ2) is 6.66. The molecule has 0 spiro atoms. The molecule has 3 rings (SSSR count). The lowest BCUT2D eigenvalue weighted by Crippen LogP contribution is -2.41. The lowest BCUT2D eigenvalue weighted by Gasteiger charge is -2.32. The van der Waals surface area contributed by atoms with Gasteiger partial charge < -0.3 is 9.31 Å². The Hall–Kier alpha value is -2.51. The van der Waals surface area contributed by atoms with E-state index in [1.54, 1.807) is 18.3 Å². The highest BCUT2D eigenvalue weighted by Gasteiger charge is 2.51. The number of aliphatic imine (C=N–C) groups is 1. The number of non-ortho nitro benzene ring substituents is 1. The summed E-state index contributed by atoms with van der Waals surface area (Å²) >= 11 is 0. The van der Waals surface area contributed by atoms with Crippen molar-refractivity contribution in [1.29, 1.82) is 0 Å². The molecule has 1 saturated heterocycles. The number of nitro benzene ring substituents is 1. The van der Waals surface area contributed by atoms with Gasteiger partial charge >= 0.3 is 7.12 Å². The van der Waals surface area contributed by atoms with Crippen LogP contribution in [-0.4, -0.2) is 29.5 Å². The number of nitro groups is 1. The summed E-state index contributed by atoms with van der Waals surface area (Å²) in [5.74, 6) is 0. The highest BCUT2D eigenvalue weighted by atomic mass is 16.7. The van der Waals surface area contributed by atoms with Gasteiger partial charge in [-0.05, 0) is 63.0 Å². The molecule has 0 radical (unpaired) electrons. The van der Waals surface area contributed by atoms with Gasteiger partial charge in [0, 0.05) is 18.3 Å².